The molecule has 20 heavy (non-hydrogen) atoms. The lowest BCUT2D eigenvalue weighted by atomic mass is 10.1. The van der Waals surface area contributed by atoms with E-state index in [-0.39, 0.29) is 17.3 Å². The molecular weight excluding hydrogens is 274 g/mol. The summed E-state index contributed by atoms with van der Waals surface area (Å²) in [5, 5.41) is 8.69. The van der Waals surface area contributed by atoms with E-state index in [0.717, 1.165) is 0 Å². The number of nitrogens with zero attached hydrogens (tertiary/aromatic N) is 1. The van der Waals surface area contributed by atoms with Crippen LogP contribution < -0.4 is 0 Å². The van der Waals surface area contributed by atoms with Gasteiger partial charge < -0.3 is 4.74 Å². The molecule has 0 radical (unpaired) electrons. The van der Waals surface area contributed by atoms with Gasteiger partial charge in [0.2, 0.25) is 0 Å². The van der Waals surface area contributed by atoms with Gasteiger partial charge in [0.1, 0.15) is 0 Å². The topological polar surface area (TPSA) is 67.2 Å². The van der Waals surface area contributed by atoms with Crippen molar-refractivity contribution in [2.45, 2.75) is 30.6 Å². The minimum atomic E-state index is -3.32. The normalized spacial score (nSPS) is 16.1. The lowest BCUT2D eigenvalue weighted by Gasteiger charge is -2.10. The molecule has 0 heterocycles. The first-order chi connectivity index (χ1) is 9.62. The van der Waals surface area contributed by atoms with Crippen molar-refractivity contribution in [2.75, 3.05) is 19.0 Å². The Morgan fingerprint density at radius 2 is 1.85 bits per heavy atom. The van der Waals surface area contributed by atoms with Crippen molar-refractivity contribution in [3.05, 3.63) is 29.8 Å². The highest BCUT2D eigenvalue weighted by Crippen LogP contribution is 2.24. The number of hydrogen-bond donors (Lipinski definition) is 0. The van der Waals surface area contributed by atoms with Gasteiger partial charge in [0.25, 0.3) is 0 Å². The molecule has 1 saturated carbocycles. The molecule has 2 rings (SSSR count). The van der Waals surface area contributed by atoms with Crippen LogP contribution in [0.4, 0.5) is 0 Å². The Balaban J connectivity index is 1.82. The maximum Gasteiger partial charge on any atom is 0.180 e. The Morgan fingerprint density at radius 3 is 2.45 bits per heavy atom. The molecule has 0 spiro atoms. The van der Waals surface area contributed by atoms with Crippen LogP contribution in [0.5, 0.6) is 0 Å². The third kappa shape index (κ3) is 4.06. The lowest BCUT2D eigenvalue weighted by Crippen LogP contribution is -2.15. The van der Waals surface area contributed by atoms with Gasteiger partial charge in [0, 0.05) is 6.61 Å². The summed E-state index contributed by atoms with van der Waals surface area (Å²) < 4.78 is 29.6. The van der Waals surface area contributed by atoms with Crippen molar-refractivity contribution in [3.63, 3.8) is 0 Å². The van der Waals surface area contributed by atoms with Crippen molar-refractivity contribution in [1.82, 2.24) is 0 Å². The molecule has 0 amide bonds. The standard InChI is InChI=1S/C15H19NO3S/c16-11-13-5-7-15(8-6-13)20(17,18)10-9-19-12-14-3-1-2-4-14/h5-8,14H,1-4,9-10,12H2. The zero-order chi connectivity index (χ0) is 14.4. The van der Waals surface area contributed by atoms with Crippen molar-refractivity contribution < 1.29 is 13.2 Å². The Labute approximate surface area is 120 Å². The summed E-state index contributed by atoms with van der Waals surface area (Å²) in [5.41, 5.74) is 0.460. The summed E-state index contributed by atoms with van der Waals surface area (Å²) in [6, 6.07) is 7.96. The summed E-state index contributed by atoms with van der Waals surface area (Å²) >= 11 is 0. The Morgan fingerprint density at radius 1 is 1.20 bits per heavy atom. The monoisotopic (exact) mass is 293 g/mol. The zero-order valence-corrected chi connectivity index (χ0v) is 12.2. The highest BCUT2D eigenvalue weighted by atomic mass is 32.2. The van der Waals surface area contributed by atoms with Crippen LogP contribution in [0.1, 0.15) is 31.2 Å². The average molecular weight is 293 g/mol. The Hall–Kier alpha value is -1.38. The molecule has 1 fully saturated rings. The van der Waals surface area contributed by atoms with Crippen LogP contribution >= 0.6 is 0 Å². The summed E-state index contributed by atoms with van der Waals surface area (Å²) in [4.78, 5) is 0.251. The van der Waals surface area contributed by atoms with E-state index in [4.69, 9.17) is 10.00 Å². The second-order valence-electron chi connectivity index (χ2n) is 5.18. The molecule has 108 valence electrons. The molecule has 1 aliphatic carbocycles. The zero-order valence-electron chi connectivity index (χ0n) is 11.4. The van der Waals surface area contributed by atoms with E-state index < -0.39 is 9.84 Å². The molecule has 4 nitrogen and oxygen atoms in total. The fourth-order valence-corrected chi connectivity index (χ4v) is 3.57. The Kier molecular flexibility index (Phi) is 5.16. The van der Waals surface area contributed by atoms with Gasteiger partial charge in [-0.3, -0.25) is 0 Å². The predicted molar refractivity (Wildman–Crippen MR) is 76.0 cm³/mol. The average Bonchev–Trinajstić information content (AvgIpc) is 2.97. The van der Waals surface area contributed by atoms with Gasteiger partial charge in [0.15, 0.2) is 9.84 Å². The molecule has 0 N–H and O–H groups in total. The number of sulfone groups is 1. The quantitative estimate of drug-likeness (QED) is 0.756. The van der Waals surface area contributed by atoms with Crippen molar-refractivity contribution in [2.24, 2.45) is 5.92 Å². The number of nitriles is 1. The first kappa shape index (κ1) is 15.0. The number of rotatable bonds is 6. The third-order valence-corrected chi connectivity index (χ3v) is 5.36. The second-order valence-corrected chi connectivity index (χ2v) is 7.29. The van der Waals surface area contributed by atoms with Crippen LogP contribution in [0.3, 0.4) is 0 Å². The van der Waals surface area contributed by atoms with E-state index in [1.165, 1.54) is 49.9 Å². The van der Waals surface area contributed by atoms with Crippen molar-refractivity contribution in [3.8, 4) is 6.07 Å². The number of ether oxygens (including phenoxy) is 1. The highest BCUT2D eigenvalue weighted by molar-refractivity contribution is 7.91. The van der Waals surface area contributed by atoms with Gasteiger partial charge >= 0.3 is 0 Å². The molecule has 0 aliphatic heterocycles. The molecule has 1 aromatic carbocycles. The van der Waals surface area contributed by atoms with Gasteiger partial charge in [-0.05, 0) is 43.0 Å². The first-order valence-electron chi connectivity index (χ1n) is 6.92. The largest absolute Gasteiger partial charge is 0.380 e. The highest BCUT2D eigenvalue weighted by Gasteiger charge is 2.17. The minimum Gasteiger partial charge on any atom is -0.380 e. The molecule has 1 aliphatic rings. The molecular formula is C15H19NO3S. The molecule has 1 aromatic rings. The van der Waals surface area contributed by atoms with Crippen LogP contribution in [0, 0.1) is 17.2 Å². The van der Waals surface area contributed by atoms with E-state index in [0.29, 0.717) is 18.1 Å². The van der Waals surface area contributed by atoms with E-state index in [9.17, 15) is 8.42 Å². The molecule has 0 aromatic heterocycles. The molecule has 0 saturated heterocycles. The minimum absolute atomic E-state index is 0.00831. The van der Waals surface area contributed by atoms with E-state index in [1.54, 1.807) is 0 Å². The van der Waals surface area contributed by atoms with Crippen LogP contribution in [-0.4, -0.2) is 27.4 Å². The van der Waals surface area contributed by atoms with Crippen LogP contribution in [0.2, 0.25) is 0 Å². The summed E-state index contributed by atoms with van der Waals surface area (Å²) in [7, 11) is -3.32. The third-order valence-electron chi connectivity index (χ3n) is 3.67. The predicted octanol–water partition coefficient (Wildman–Crippen LogP) is 2.54. The van der Waals surface area contributed by atoms with Gasteiger partial charge in [-0.1, -0.05) is 12.8 Å². The van der Waals surface area contributed by atoms with Gasteiger partial charge in [-0.15, -0.1) is 0 Å². The summed E-state index contributed by atoms with van der Waals surface area (Å²) in [5.74, 6) is 0.596. The van der Waals surface area contributed by atoms with Crippen LogP contribution in [0.15, 0.2) is 29.2 Å². The van der Waals surface area contributed by atoms with Crippen molar-refractivity contribution in [1.29, 1.82) is 5.26 Å². The smallest absolute Gasteiger partial charge is 0.180 e. The molecule has 0 bridgehead atoms. The van der Waals surface area contributed by atoms with E-state index in [2.05, 4.69) is 0 Å². The first-order valence-corrected chi connectivity index (χ1v) is 8.58. The lowest BCUT2D eigenvalue weighted by molar-refractivity contribution is 0.114. The summed E-state index contributed by atoms with van der Waals surface area (Å²) in [6.07, 6.45) is 4.92. The fourth-order valence-electron chi connectivity index (χ4n) is 2.45. The molecule has 0 unspecified atom stereocenters. The second kappa shape index (κ2) is 6.87. The summed E-state index contributed by atoms with van der Waals surface area (Å²) in [6.45, 7) is 0.904. The Bertz CT molecular complexity index is 566. The maximum atomic E-state index is 12.1. The van der Waals surface area contributed by atoms with Gasteiger partial charge in [0.05, 0.1) is 28.9 Å². The van der Waals surface area contributed by atoms with Gasteiger partial charge in [-0.25, -0.2) is 8.42 Å². The van der Waals surface area contributed by atoms with Crippen molar-refractivity contribution >= 4 is 9.84 Å². The van der Waals surface area contributed by atoms with E-state index in [1.807, 2.05) is 6.07 Å². The number of benzene rings is 1. The SMILES string of the molecule is N#Cc1ccc(S(=O)(=O)CCOCC2CCCC2)cc1. The number of hydrogen-bond acceptors (Lipinski definition) is 4. The molecule has 5 heteroatoms. The van der Waals surface area contributed by atoms with Crippen LogP contribution in [0.25, 0.3) is 0 Å². The fraction of sp³-hybridized carbons (Fsp3) is 0.533. The maximum absolute atomic E-state index is 12.1. The van der Waals surface area contributed by atoms with E-state index >= 15 is 0 Å². The van der Waals surface area contributed by atoms with Gasteiger partial charge in [-0.2, -0.15) is 5.26 Å². The van der Waals surface area contributed by atoms with Crippen LogP contribution in [-0.2, 0) is 14.6 Å². The molecule has 0 atom stereocenters.